The Balaban J connectivity index is 2.22. The largest absolute Gasteiger partial charge is 0.507 e. The fourth-order valence-electron chi connectivity index (χ4n) is 1.99. The molecule has 0 saturated carbocycles. The molecule has 0 spiro atoms. The Morgan fingerprint density at radius 1 is 1.14 bits per heavy atom. The van der Waals surface area contributed by atoms with Crippen LogP contribution in [0.5, 0.6) is 5.75 Å². The molecule has 0 amide bonds. The highest BCUT2D eigenvalue weighted by Crippen LogP contribution is 2.33. The molecule has 0 aliphatic rings. The molecule has 0 saturated heterocycles. The number of aryl methyl sites for hydroxylation is 1. The summed E-state index contributed by atoms with van der Waals surface area (Å²) in [6.07, 6.45) is 0. The number of rotatable bonds is 2. The summed E-state index contributed by atoms with van der Waals surface area (Å²) in [6.45, 7) is 1.90. The van der Waals surface area contributed by atoms with Gasteiger partial charge in [0, 0.05) is 0 Å². The molecule has 0 aliphatic carbocycles. The molecule has 1 heterocycles. The maximum Gasteiger partial charge on any atom is 0.294 e. The first-order valence-electron chi connectivity index (χ1n) is 6.03. The van der Waals surface area contributed by atoms with E-state index in [0.29, 0.717) is 11.1 Å². The predicted molar refractivity (Wildman–Crippen MR) is 75.7 cm³/mol. The zero-order chi connectivity index (χ0) is 15.2. The van der Waals surface area contributed by atoms with Gasteiger partial charge in [-0.05, 0) is 42.8 Å². The standard InChI is InChI=1S/C14H11NO5S/c1-8-2-4-11-13(6-8)20-14(15-11)10-7-9(21(17,18)19)3-5-12(10)16/h2-7,16H,1H3,(H,17,18,19). The van der Waals surface area contributed by atoms with E-state index in [4.69, 9.17) is 8.97 Å². The van der Waals surface area contributed by atoms with E-state index in [1.165, 1.54) is 6.07 Å². The maximum absolute atomic E-state index is 11.2. The Kier molecular flexibility index (Phi) is 2.96. The summed E-state index contributed by atoms with van der Waals surface area (Å²) < 4.78 is 36.9. The van der Waals surface area contributed by atoms with Crippen LogP contribution in [0.3, 0.4) is 0 Å². The van der Waals surface area contributed by atoms with Gasteiger partial charge >= 0.3 is 0 Å². The van der Waals surface area contributed by atoms with E-state index in [9.17, 15) is 13.5 Å². The Morgan fingerprint density at radius 2 is 1.90 bits per heavy atom. The molecular formula is C14H11NO5S. The maximum atomic E-state index is 11.2. The van der Waals surface area contributed by atoms with Gasteiger partial charge in [0.05, 0.1) is 10.5 Å². The number of phenols is 1. The first-order valence-corrected chi connectivity index (χ1v) is 7.47. The highest BCUT2D eigenvalue weighted by molar-refractivity contribution is 7.85. The van der Waals surface area contributed by atoms with Crippen LogP contribution in [0.2, 0.25) is 0 Å². The molecular weight excluding hydrogens is 294 g/mol. The quantitative estimate of drug-likeness (QED) is 0.706. The molecule has 21 heavy (non-hydrogen) atoms. The van der Waals surface area contributed by atoms with Crippen LogP contribution in [0.25, 0.3) is 22.6 Å². The van der Waals surface area contributed by atoms with Crippen molar-refractivity contribution < 1.29 is 22.5 Å². The van der Waals surface area contributed by atoms with Crippen molar-refractivity contribution in [3.05, 3.63) is 42.0 Å². The Labute approximate surface area is 120 Å². The lowest BCUT2D eigenvalue weighted by Crippen LogP contribution is -1.98. The van der Waals surface area contributed by atoms with E-state index in [0.717, 1.165) is 17.7 Å². The second-order valence-electron chi connectivity index (χ2n) is 4.64. The van der Waals surface area contributed by atoms with Crippen molar-refractivity contribution in [3.8, 4) is 17.2 Å². The molecule has 108 valence electrons. The van der Waals surface area contributed by atoms with Gasteiger partial charge in [-0.3, -0.25) is 4.55 Å². The summed E-state index contributed by atoms with van der Waals surface area (Å²) in [4.78, 5) is 3.87. The van der Waals surface area contributed by atoms with Crippen molar-refractivity contribution in [1.29, 1.82) is 0 Å². The molecule has 0 atom stereocenters. The van der Waals surface area contributed by atoms with Gasteiger partial charge in [0.2, 0.25) is 5.89 Å². The molecule has 2 aromatic carbocycles. The van der Waals surface area contributed by atoms with E-state index in [1.807, 2.05) is 13.0 Å². The van der Waals surface area contributed by atoms with Gasteiger partial charge in [0.25, 0.3) is 10.1 Å². The fourth-order valence-corrected chi connectivity index (χ4v) is 2.50. The summed E-state index contributed by atoms with van der Waals surface area (Å²) >= 11 is 0. The summed E-state index contributed by atoms with van der Waals surface area (Å²) in [5.74, 6) is -0.107. The first kappa shape index (κ1) is 13.6. The normalized spacial score (nSPS) is 11.9. The molecule has 0 unspecified atom stereocenters. The number of hydrogen-bond donors (Lipinski definition) is 2. The molecule has 3 rings (SSSR count). The molecule has 0 bridgehead atoms. The molecule has 1 aromatic heterocycles. The van der Waals surface area contributed by atoms with E-state index in [2.05, 4.69) is 4.98 Å². The summed E-state index contributed by atoms with van der Waals surface area (Å²) in [5.41, 5.74) is 2.20. The van der Waals surface area contributed by atoms with Crippen LogP contribution in [0, 0.1) is 6.92 Å². The van der Waals surface area contributed by atoms with Crippen LogP contribution >= 0.6 is 0 Å². The Bertz CT molecular complexity index is 943. The van der Waals surface area contributed by atoms with E-state index >= 15 is 0 Å². The van der Waals surface area contributed by atoms with Crippen molar-refractivity contribution >= 4 is 21.2 Å². The zero-order valence-electron chi connectivity index (χ0n) is 10.9. The monoisotopic (exact) mass is 305 g/mol. The van der Waals surface area contributed by atoms with E-state index in [-0.39, 0.29) is 22.1 Å². The van der Waals surface area contributed by atoms with Gasteiger partial charge in [-0.15, -0.1) is 0 Å². The van der Waals surface area contributed by atoms with Gasteiger partial charge in [0.1, 0.15) is 11.3 Å². The third-order valence-electron chi connectivity index (χ3n) is 3.04. The smallest absolute Gasteiger partial charge is 0.294 e. The SMILES string of the molecule is Cc1ccc2nc(-c3cc(S(=O)(=O)O)ccc3O)oc2c1. The number of fused-ring (bicyclic) bond motifs is 1. The van der Waals surface area contributed by atoms with Crippen molar-refractivity contribution in [2.45, 2.75) is 11.8 Å². The van der Waals surface area contributed by atoms with Crippen LogP contribution in [-0.2, 0) is 10.1 Å². The van der Waals surface area contributed by atoms with Crippen LogP contribution in [0.15, 0.2) is 45.7 Å². The Morgan fingerprint density at radius 3 is 2.62 bits per heavy atom. The lowest BCUT2D eigenvalue weighted by atomic mass is 10.2. The summed E-state index contributed by atoms with van der Waals surface area (Å²) in [6, 6.07) is 8.79. The fraction of sp³-hybridized carbons (Fsp3) is 0.0714. The second-order valence-corrected chi connectivity index (χ2v) is 6.07. The number of hydrogen-bond acceptors (Lipinski definition) is 5. The van der Waals surface area contributed by atoms with Crippen LogP contribution in [0.1, 0.15) is 5.56 Å². The second kappa shape index (κ2) is 4.57. The molecule has 0 fully saturated rings. The van der Waals surface area contributed by atoms with Crippen molar-refractivity contribution in [3.63, 3.8) is 0 Å². The average molecular weight is 305 g/mol. The molecule has 7 heteroatoms. The van der Waals surface area contributed by atoms with Crippen LogP contribution in [-0.4, -0.2) is 23.1 Å². The third kappa shape index (κ3) is 2.48. The van der Waals surface area contributed by atoms with Gasteiger partial charge in [-0.25, -0.2) is 4.98 Å². The van der Waals surface area contributed by atoms with Gasteiger partial charge in [0.15, 0.2) is 5.58 Å². The predicted octanol–water partition coefficient (Wildman–Crippen LogP) is 2.76. The molecule has 3 aromatic rings. The number of benzene rings is 2. The summed E-state index contributed by atoms with van der Waals surface area (Å²) in [7, 11) is -4.37. The van der Waals surface area contributed by atoms with Crippen LogP contribution < -0.4 is 0 Å². The minimum absolute atomic E-state index is 0.0820. The zero-order valence-corrected chi connectivity index (χ0v) is 11.8. The van der Waals surface area contributed by atoms with Crippen LogP contribution in [0.4, 0.5) is 0 Å². The number of oxazole rings is 1. The molecule has 0 radical (unpaired) electrons. The van der Waals surface area contributed by atoms with Crippen molar-refractivity contribution in [2.24, 2.45) is 0 Å². The first-order chi connectivity index (χ1) is 9.84. The molecule has 6 nitrogen and oxygen atoms in total. The highest BCUT2D eigenvalue weighted by Gasteiger charge is 2.17. The lowest BCUT2D eigenvalue weighted by Gasteiger charge is -2.02. The van der Waals surface area contributed by atoms with E-state index < -0.39 is 10.1 Å². The van der Waals surface area contributed by atoms with Crippen molar-refractivity contribution in [2.75, 3.05) is 0 Å². The molecule has 0 aliphatic heterocycles. The minimum atomic E-state index is -4.37. The van der Waals surface area contributed by atoms with Gasteiger partial charge in [-0.1, -0.05) is 6.07 Å². The third-order valence-corrected chi connectivity index (χ3v) is 3.89. The minimum Gasteiger partial charge on any atom is -0.507 e. The summed E-state index contributed by atoms with van der Waals surface area (Å²) in [5, 5.41) is 9.86. The van der Waals surface area contributed by atoms with E-state index in [1.54, 1.807) is 12.1 Å². The number of aromatic nitrogens is 1. The molecule has 2 N–H and O–H groups in total. The topological polar surface area (TPSA) is 101 Å². The van der Waals surface area contributed by atoms with Gasteiger partial charge < -0.3 is 9.52 Å². The number of nitrogens with zero attached hydrogens (tertiary/aromatic N) is 1. The lowest BCUT2D eigenvalue weighted by molar-refractivity contribution is 0.471. The average Bonchev–Trinajstić information content (AvgIpc) is 2.80. The number of aromatic hydroxyl groups is 1. The van der Waals surface area contributed by atoms with Crippen molar-refractivity contribution in [1.82, 2.24) is 4.98 Å². The number of phenolic OH excluding ortho intramolecular Hbond substituents is 1. The highest BCUT2D eigenvalue weighted by atomic mass is 32.2. The van der Waals surface area contributed by atoms with Gasteiger partial charge in [-0.2, -0.15) is 8.42 Å². The Hall–Kier alpha value is -2.38.